The molecule has 1 heterocycles. The van der Waals surface area contributed by atoms with Gasteiger partial charge in [-0.3, -0.25) is 9.59 Å². The van der Waals surface area contributed by atoms with Crippen molar-refractivity contribution in [2.75, 3.05) is 26.3 Å². The molecular formula is C13H21NO3. The van der Waals surface area contributed by atoms with Crippen LogP contribution in [0.15, 0.2) is 0 Å². The minimum atomic E-state index is 0.142. The number of morpholine rings is 1. The minimum Gasteiger partial charge on any atom is -0.378 e. The van der Waals surface area contributed by atoms with Crippen LogP contribution in [0.1, 0.15) is 32.6 Å². The number of carbonyl (C=O) groups is 2. The second-order valence-electron chi connectivity index (χ2n) is 5.10. The van der Waals surface area contributed by atoms with E-state index in [-0.39, 0.29) is 23.5 Å². The van der Waals surface area contributed by atoms with Crippen LogP contribution in [0.4, 0.5) is 0 Å². The van der Waals surface area contributed by atoms with Gasteiger partial charge in [-0.15, -0.1) is 0 Å². The van der Waals surface area contributed by atoms with Gasteiger partial charge in [-0.25, -0.2) is 0 Å². The molecule has 4 nitrogen and oxygen atoms in total. The lowest BCUT2D eigenvalue weighted by molar-refractivity contribution is -0.141. The van der Waals surface area contributed by atoms with Crippen LogP contribution in [0.2, 0.25) is 0 Å². The van der Waals surface area contributed by atoms with E-state index < -0.39 is 0 Å². The molecule has 0 aromatic rings. The third-order valence-corrected chi connectivity index (χ3v) is 3.97. The van der Waals surface area contributed by atoms with Gasteiger partial charge < -0.3 is 9.64 Å². The zero-order chi connectivity index (χ0) is 12.3. The van der Waals surface area contributed by atoms with E-state index in [9.17, 15) is 9.59 Å². The highest BCUT2D eigenvalue weighted by Crippen LogP contribution is 2.30. The second kappa shape index (κ2) is 5.63. The molecule has 17 heavy (non-hydrogen) atoms. The molecule has 0 aromatic heterocycles. The van der Waals surface area contributed by atoms with Crippen molar-refractivity contribution >= 4 is 11.7 Å². The quantitative estimate of drug-likeness (QED) is 0.728. The molecule has 2 fully saturated rings. The number of hydrogen-bond donors (Lipinski definition) is 0. The van der Waals surface area contributed by atoms with Gasteiger partial charge in [0.25, 0.3) is 0 Å². The number of amides is 1. The highest BCUT2D eigenvalue weighted by Gasteiger charge is 2.31. The Morgan fingerprint density at radius 2 is 1.53 bits per heavy atom. The summed E-state index contributed by atoms with van der Waals surface area (Å²) in [7, 11) is 0. The van der Waals surface area contributed by atoms with Gasteiger partial charge in [-0.05, 0) is 32.6 Å². The molecule has 0 unspecified atom stereocenters. The summed E-state index contributed by atoms with van der Waals surface area (Å²) in [6, 6.07) is 0. The molecule has 0 atom stereocenters. The van der Waals surface area contributed by atoms with Crippen LogP contribution >= 0.6 is 0 Å². The van der Waals surface area contributed by atoms with Gasteiger partial charge in [0.15, 0.2) is 0 Å². The fraction of sp³-hybridized carbons (Fsp3) is 0.846. The first-order valence-corrected chi connectivity index (χ1v) is 6.55. The van der Waals surface area contributed by atoms with Gasteiger partial charge in [0.2, 0.25) is 5.91 Å². The molecule has 1 saturated carbocycles. The number of hydrogen-bond acceptors (Lipinski definition) is 3. The van der Waals surface area contributed by atoms with Crippen molar-refractivity contribution in [2.45, 2.75) is 32.6 Å². The third kappa shape index (κ3) is 3.06. The number of rotatable bonds is 2. The normalized spacial score (nSPS) is 30.1. The van der Waals surface area contributed by atoms with E-state index >= 15 is 0 Å². The molecule has 96 valence electrons. The van der Waals surface area contributed by atoms with Gasteiger partial charge in [-0.2, -0.15) is 0 Å². The maximum Gasteiger partial charge on any atom is 0.225 e. The SMILES string of the molecule is CC(=O)C1CCC(C(=O)N2CCOCC2)CC1. The molecule has 1 saturated heterocycles. The molecule has 0 bridgehead atoms. The molecule has 1 aliphatic heterocycles. The van der Waals surface area contributed by atoms with E-state index in [2.05, 4.69) is 0 Å². The lowest BCUT2D eigenvalue weighted by Crippen LogP contribution is -2.44. The Labute approximate surface area is 102 Å². The fourth-order valence-corrected chi connectivity index (χ4v) is 2.79. The number of Topliss-reactive ketones (excluding diaryl/α,β-unsaturated/α-hetero) is 1. The highest BCUT2D eigenvalue weighted by molar-refractivity contribution is 5.81. The number of carbonyl (C=O) groups excluding carboxylic acids is 2. The Hall–Kier alpha value is -0.900. The Morgan fingerprint density at radius 3 is 2.06 bits per heavy atom. The summed E-state index contributed by atoms with van der Waals surface area (Å²) in [5.41, 5.74) is 0. The number of ketones is 1. The number of nitrogens with zero attached hydrogens (tertiary/aromatic N) is 1. The Morgan fingerprint density at radius 1 is 1.00 bits per heavy atom. The van der Waals surface area contributed by atoms with Crippen molar-refractivity contribution in [3.8, 4) is 0 Å². The van der Waals surface area contributed by atoms with E-state index in [1.165, 1.54) is 0 Å². The van der Waals surface area contributed by atoms with Crippen molar-refractivity contribution in [3.05, 3.63) is 0 Å². The van der Waals surface area contributed by atoms with E-state index in [1.54, 1.807) is 6.92 Å². The third-order valence-electron chi connectivity index (χ3n) is 3.97. The summed E-state index contributed by atoms with van der Waals surface area (Å²) >= 11 is 0. The van der Waals surface area contributed by atoms with Crippen molar-refractivity contribution in [3.63, 3.8) is 0 Å². The first-order valence-electron chi connectivity index (χ1n) is 6.55. The molecule has 0 aromatic carbocycles. The average molecular weight is 239 g/mol. The monoisotopic (exact) mass is 239 g/mol. The standard InChI is InChI=1S/C13H21NO3/c1-10(15)11-2-4-12(5-3-11)13(16)14-6-8-17-9-7-14/h11-12H,2-9H2,1H3. The van der Waals surface area contributed by atoms with E-state index in [0.717, 1.165) is 38.8 Å². The Balaban J connectivity index is 1.83. The van der Waals surface area contributed by atoms with Crippen LogP contribution in [0.3, 0.4) is 0 Å². The summed E-state index contributed by atoms with van der Waals surface area (Å²) in [5, 5.41) is 0. The fourth-order valence-electron chi connectivity index (χ4n) is 2.79. The van der Waals surface area contributed by atoms with Crippen molar-refractivity contribution < 1.29 is 14.3 Å². The highest BCUT2D eigenvalue weighted by atomic mass is 16.5. The van der Waals surface area contributed by atoms with Crippen LogP contribution in [0.5, 0.6) is 0 Å². The van der Waals surface area contributed by atoms with Gasteiger partial charge in [0, 0.05) is 24.9 Å². The largest absolute Gasteiger partial charge is 0.378 e. The molecule has 0 spiro atoms. The zero-order valence-electron chi connectivity index (χ0n) is 10.5. The summed E-state index contributed by atoms with van der Waals surface area (Å²) in [5.74, 6) is 0.894. The topological polar surface area (TPSA) is 46.6 Å². The minimum absolute atomic E-state index is 0.142. The number of ether oxygens (including phenoxy) is 1. The molecule has 1 aliphatic carbocycles. The zero-order valence-corrected chi connectivity index (χ0v) is 10.5. The maximum atomic E-state index is 12.2. The summed E-state index contributed by atoms with van der Waals surface area (Å²) in [4.78, 5) is 25.4. The van der Waals surface area contributed by atoms with Gasteiger partial charge in [0.05, 0.1) is 13.2 Å². The maximum absolute atomic E-state index is 12.2. The molecular weight excluding hydrogens is 218 g/mol. The predicted molar refractivity (Wildman–Crippen MR) is 63.5 cm³/mol. The first-order chi connectivity index (χ1) is 8.18. The van der Waals surface area contributed by atoms with Crippen molar-refractivity contribution in [1.82, 2.24) is 4.90 Å². The smallest absolute Gasteiger partial charge is 0.225 e. The molecule has 4 heteroatoms. The van der Waals surface area contributed by atoms with Gasteiger partial charge >= 0.3 is 0 Å². The van der Waals surface area contributed by atoms with E-state index in [1.807, 2.05) is 4.90 Å². The van der Waals surface area contributed by atoms with Crippen LogP contribution in [0.25, 0.3) is 0 Å². The van der Waals surface area contributed by atoms with Crippen LogP contribution in [-0.2, 0) is 14.3 Å². The van der Waals surface area contributed by atoms with E-state index in [4.69, 9.17) is 4.74 Å². The summed E-state index contributed by atoms with van der Waals surface area (Å²) < 4.78 is 5.25. The first kappa shape index (κ1) is 12.6. The second-order valence-corrected chi connectivity index (χ2v) is 5.10. The Bertz CT molecular complexity index is 289. The molecule has 0 radical (unpaired) electrons. The molecule has 2 aliphatic rings. The molecule has 0 N–H and O–H groups in total. The van der Waals surface area contributed by atoms with Gasteiger partial charge in [-0.1, -0.05) is 0 Å². The van der Waals surface area contributed by atoms with Crippen LogP contribution in [0, 0.1) is 11.8 Å². The predicted octanol–water partition coefficient (Wildman–Crippen LogP) is 1.24. The summed E-state index contributed by atoms with van der Waals surface area (Å²) in [6.07, 6.45) is 3.52. The molecule has 2 rings (SSSR count). The van der Waals surface area contributed by atoms with Crippen LogP contribution < -0.4 is 0 Å². The Kier molecular flexibility index (Phi) is 4.15. The van der Waals surface area contributed by atoms with Crippen molar-refractivity contribution in [2.24, 2.45) is 11.8 Å². The average Bonchev–Trinajstić information content (AvgIpc) is 2.39. The lowest BCUT2D eigenvalue weighted by Gasteiger charge is -2.33. The lowest BCUT2D eigenvalue weighted by atomic mass is 9.80. The molecule has 1 amide bonds. The summed E-state index contributed by atoms with van der Waals surface area (Å²) in [6.45, 7) is 4.44. The van der Waals surface area contributed by atoms with E-state index in [0.29, 0.717) is 13.2 Å². The van der Waals surface area contributed by atoms with Crippen LogP contribution in [-0.4, -0.2) is 42.9 Å². The van der Waals surface area contributed by atoms with Crippen molar-refractivity contribution in [1.29, 1.82) is 0 Å². The van der Waals surface area contributed by atoms with Gasteiger partial charge in [0.1, 0.15) is 5.78 Å².